The summed E-state index contributed by atoms with van der Waals surface area (Å²) in [7, 11) is 1.35. The number of carbonyl (C=O) groups excluding carboxylic acids is 2. The fourth-order valence-corrected chi connectivity index (χ4v) is 2.41. The van der Waals surface area contributed by atoms with Crippen molar-refractivity contribution < 1.29 is 14.3 Å². The Bertz CT molecular complexity index is 262. The van der Waals surface area contributed by atoms with Crippen LogP contribution in [0, 0.1) is 11.8 Å². The Balaban J connectivity index is 2.59. The average Bonchev–Trinajstić information content (AvgIpc) is 2.29. The average molecular weight is 224 g/mol. The minimum absolute atomic E-state index is 0.0571. The van der Waals surface area contributed by atoms with E-state index in [1.807, 2.05) is 6.08 Å². The van der Waals surface area contributed by atoms with Gasteiger partial charge >= 0.3 is 5.97 Å². The molecule has 0 amide bonds. The number of Topliss-reactive ketones (excluding diaryl/α,β-unsaturated/α-hetero) is 1. The van der Waals surface area contributed by atoms with Crippen LogP contribution in [0.1, 0.15) is 38.5 Å². The van der Waals surface area contributed by atoms with Gasteiger partial charge in [-0.3, -0.25) is 9.59 Å². The predicted molar refractivity (Wildman–Crippen MR) is 61.9 cm³/mol. The zero-order valence-electron chi connectivity index (χ0n) is 9.91. The van der Waals surface area contributed by atoms with E-state index in [1.54, 1.807) is 0 Å². The highest BCUT2D eigenvalue weighted by Gasteiger charge is 2.37. The summed E-state index contributed by atoms with van der Waals surface area (Å²) in [6, 6.07) is 0. The highest BCUT2D eigenvalue weighted by molar-refractivity contribution is 5.99. The van der Waals surface area contributed by atoms with Crippen LogP contribution in [0.4, 0.5) is 0 Å². The first-order chi connectivity index (χ1) is 7.70. The lowest BCUT2D eigenvalue weighted by atomic mass is 9.76. The molecule has 90 valence electrons. The molecule has 16 heavy (non-hydrogen) atoms. The normalized spacial score (nSPS) is 25.2. The largest absolute Gasteiger partial charge is 0.468 e. The van der Waals surface area contributed by atoms with Crippen LogP contribution in [0.5, 0.6) is 0 Å². The summed E-state index contributed by atoms with van der Waals surface area (Å²) in [5.74, 6) is -0.632. The standard InChI is InChI=1S/C13H20O3/c1-3-4-5-7-10-8-6-9-11(14)12(10)13(15)16-2/h3,10,12H,1,4-9H2,2H3. The first-order valence-electron chi connectivity index (χ1n) is 5.92. The number of hydrogen-bond donors (Lipinski definition) is 0. The van der Waals surface area contributed by atoms with Gasteiger partial charge in [-0.15, -0.1) is 6.58 Å². The van der Waals surface area contributed by atoms with Gasteiger partial charge in [0.2, 0.25) is 0 Å². The van der Waals surface area contributed by atoms with Crippen molar-refractivity contribution in [2.75, 3.05) is 7.11 Å². The first-order valence-corrected chi connectivity index (χ1v) is 5.92. The number of hydrogen-bond acceptors (Lipinski definition) is 3. The van der Waals surface area contributed by atoms with Crippen LogP contribution in [-0.2, 0) is 14.3 Å². The number of unbranched alkanes of at least 4 members (excludes halogenated alkanes) is 1. The lowest BCUT2D eigenvalue weighted by Gasteiger charge is -2.28. The predicted octanol–water partition coefficient (Wildman–Crippen LogP) is 2.50. The molecule has 1 aliphatic rings. The van der Waals surface area contributed by atoms with Crippen LogP contribution in [-0.4, -0.2) is 18.9 Å². The van der Waals surface area contributed by atoms with E-state index in [0.717, 1.165) is 32.1 Å². The third-order valence-electron chi connectivity index (χ3n) is 3.25. The maximum atomic E-state index is 11.7. The van der Waals surface area contributed by atoms with Crippen LogP contribution >= 0.6 is 0 Å². The molecule has 0 saturated heterocycles. The fraction of sp³-hybridized carbons (Fsp3) is 0.692. The van der Waals surface area contributed by atoms with Crippen LogP contribution in [0.15, 0.2) is 12.7 Å². The van der Waals surface area contributed by atoms with Gasteiger partial charge in [0.25, 0.3) is 0 Å². The Morgan fingerprint density at radius 3 is 3.00 bits per heavy atom. The maximum absolute atomic E-state index is 11.7. The number of ketones is 1. The molecule has 0 aromatic carbocycles. The van der Waals surface area contributed by atoms with Gasteiger partial charge in [-0.25, -0.2) is 0 Å². The van der Waals surface area contributed by atoms with E-state index in [9.17, 15) is 9.59 Å². The Labute approximate surface area is 96.9 Å². The summed E-state index contributed by atoms with van der Waals surface area (Å²) in [6.07, 6.45) is 7.12. The van der Waals surface area contributed by atoms with E-state index in [0.29, 0.717) is 6.42 Å². The zero-order valence-corrected chi connectivity index (χ0v) is 9.91. The molecule has 0 aliphatic heterocycles. The number of esters is 1. The van der Waals surface area contributed by atoms with E-state index < -0.39 is 5.92 Å². The van der Waals surface area contributed by atoms with Gasteiger partial charge in [-0.05, 0) is 38.0 Å². The molecule has 2 atom stereocenters. The monoisotopic (exact) mass is 224 g/mol. The Morgan fingerprint density at radius 1 is 1.62 bits per heavy atom. The van der Waals surface area contributed by atoms with Gasteiger partial charge in [-0.2, -0.15) is 0 Å². The van der Waals surface area contributed by atoms with Crippen molar-refractivity contribution >= 4 is 11.8 Å². The minimum Gasteiger partial charge on any atom is -0.468 e. The molecule has 0 bridgehead atoms. The summed E-state index contributed by atoms with van der Waals surface area (Å²) in [5, 5.41) is 0. The quantitative estimate of drug-likeness (QED) is 0.312. The van der Waals surface area contributed by atoms with Crippen molar-refractivity contribution in [2.45, 2.75) is 38.5 Å². The molecular weight excluding hydrogens is 204 g/mol. The van der Waals surface area contributed by atoms with Crippen molar-refractivity contribution in [3.05, 3.63) is 12.7 Å². The van der Waals surface area contributed by atoms with E-state index in [2.05, 4.69) is 6.58 Å². The summed E-state index contributed by atoms with van der Waals surface area (Å²) < 4.78 is 4.72. The van der Waals surface area contributed by atoms with Gasteiger partial charge in [0.1, 0.15) is 11.7 Å². The molecule has 0 aromatic heterocycles. The van der Waals surface area contributed by atoms with Crippen LogP contribution < -0.4 is 0 Å². The van der Waals surface area contributed by atoms with Gasteiger partial charge in [-0.1, -0.05) is 6.08 Å². The third-order valence-corrected chi connectivity index (χ3v) is 3.25. The molecule has 3 heteroatoms. The maximum Gasteiger partial charge on any atom is 0.316 e. The number of methoxy groups -OCH3 is 1. The Morgan fingerprint density at radius 2 is 2.38 bits per heavy atom. The minimum atomic E-state index is -0.511. The van der Waals surface area contributed by atoms with Crippen LogP contribution in [0.3, 0.4) is 0 Å². The number of carbonyl (C=O) groups is 2. The van der Waals surface area contributed by atoms with Crippen molar-refractivity contribution in [1.82, 2.24) is 0 Å². The lowest BCUT2D eigenvalue weighted by Crippen LogP contribution is -2.35. The van der Waals surface area contributed by atoms with E-state index in [4.69, 9.17) is 4.74 Å². The molecule has 0 spiro atoms. The molecule has 0 radical (unpaired) electrons. The van der Waals surface area contributed by atoms with E-state index in [1.165, 1.54) is 7.11 Å². The Hall–Kier alpha value is -1.12. The number of rotatable bonds is 5. The molecule has 0 heterocycles. The number of allylic oxidation sites excluding steroid dienone is 1. The second-order valence-corrected chi connectivity index (χ2v) is 4.34. The summed E-state index contributed by atoms with van der Waals surface area (Å²) in [5.41, 5.74) is 0. The summed E-state index contributed by atoms with van der Waals surface area (Å²) in [6.45, 7) is 3.67. The molecular formula is C13H20O3. The molecule has 1 rings (SSSR count). The van der Waals surface area contributed by atoms with Gasteiger partial charge in [0, 0.05) is 6.42 Å². The molecule has 0 N–H and O–H groups in total. The van der Waals surface area contributed by atoms with E-state index in [-0.39, 0.29) is 17.7 Å². The molecule has 1 aliphatic carbocycles. The molecule has 1 saturated carbocycles. The second kappa shape index (κ2) is 6.46. The van der Waals surface area contributed by atoms with Gasteiger partial charge in [0.05, 0.1) is 7.11 Å². The van der Waals surface area contributed by atoms with E-state index >= 15 is 0 Å². The van der Waals surface area contributed by atoms with Crippen molar-refractivity contribution in [3.8, 4) is 0 Å². The zero-order chi connectivity index (χ0) is 12.0. The van der Waals surface area contributed by atoms with Gasteiger partial charge in [0.15, 0.2) is 0 Å². The first kappa shape index (κ1) is 12.9. The van der Waals surface area contributed by atoms with Crippen molar-refractivity contribution in [1.29, 1.82) is 0 Å². The topological polar surface area (TPSA) is 43.4 Å². The van der Waals surface area contributed by atoms with Crippen molar-refractivity contribution in [2.24, 2.45) is 11.8 Å². The summed E-state index contributed by atoms with van der Waals surface area (Å²) in [4.78, 5) is 23.3. The molecule has 3 nitrogen and oxygen atoms in total. The molecule has 2 unspecified atom stereocenters. The van der Waals surface area contributed by atoms with Gasteiger partial charge < -0.3 is 4.74 Å². The highest BCUT2D eigenvalue weighted by atomic mass is 16.5. The van der Waals surface area contributed by atoms with Crippen molar-refractivity contribution in [3.63, 3.8) is 0 Å². The molecule has 0 aromatic rings. The lowest BCUT2D eigenvalue weighted by molar-refractivity contribution is -0.153. The van der Waals surface area contributed by atoms with Crippen LogP contribution in [0.25, 0.3) is 0 Å². The summed E-state index contributed by atoms with van der Waals surface area (Å²) >= 11 is 0. The second-order valence-electron chi connectivity index (χ2n) is 4.34. The number of ether oxygens (including phenoxy) is 1. The van der Waals surface area contributed by atoms with Crippen LogP contribution in [0.2, 0.25) is 0 Å². The highest BCUT2D eigenvalue weighted by Crippen LogP contribution is 2.32. The molecule has 1 fully saturated rings. The smallest absolute Gasteiger partial charge is 0.316 e. The fourth-order valence-electron chi connectivity index (χ4n) is 2.41. The SMILES string of the molecule is C=CCCCC1CCCC(=O)C1C(=O)OC. The Kier molecular flexibility index (Phi) is 5.23. The third kappa shape index (κ3) is 3.19.